The second-order valence-corrected chi connectivity index (χ2v) is 7.00. The molecule has 3 aromatic carbocycles. The summed E-state index contributed by atoms with van der Waals surface area (Å²) >= 11 is 1.57. The molecule has 0 aliphatic carbocycles. The maximum Gasteiger partial charge on any atom is 0.420 e. The standard InChI is InChI=1S/C21H16N2O3S/c24-20(14-23-17-11-5-6-12-18(17)26-21(23)25)22-16-10-4-7-13-19(16)27-15-8-2-1-3-9-15/h1-13H,14H2,(H,22,24). The van der Waals surface area contributed by atoms with Crippen LogP contribution in [0.3, 0.4) is 0 Å². The van der Waals surface area contributed by atoms with Crippen LogP contribution >= 0.6 is 11.8 Å². The Morgan fingerprint density at radius 2 is 1.63 bits per heavy atom. The van der Waals surface area contributed by atoms with Crippen molar-refractivity contribution in [3.05, 3.63) is 89.4 Å². The molecule has 134 valence electrons. The number of benzene rings is 3. The summed E-state index contributed by atoms with van der Waals surface area (Å²) in [5.41, 5.74) is 1.78. The van der Waals surface area contributed by atoms with Gasteiger partial charge in [-0.25, -0.2) is 4.79 Å². The average molecular weight is 376 g/mol. The van der Waals surface area contributed by atoms with Crippen molar-refractivity contribution in [1.82, 2.24) is 4.57 Å². The third-order valence-electron chi connectivity index (χ3n) is 4.01. The molecule has 0 aliphatic rings. The summed E-state index contributed by atoms with van der Waals surface area (Å²) in [5.74, 6) is -0.830. The summed E-state index contributed by atoms with van der Waals surface area (Å²) in [6.07, 6.45) is 0. The van der Waals surface area contributed by atoms with E-state index in [1.807, 2.05) is 54.6 Å². The van der Waals surface area contributed by atoms with Gasteiger partial charge in [0, 0.05) is 9.79 Å². The smallest absolute Gasteiger partial charge is 0.408 e. The minimum Gasteiger partial charge on any atom is -0.408 e. The van der Waals surface area contributed by atoms with Gasteiger partial charge in [-0.3, -0.25) is 9.36 Å². The molecule has 0 fully saturated rings. The number of nitrogens with zero attached hydrogens (tertiary/aromatic N) is 1. The van der Waals surface area contributed by atoms with E-state index < -0.39 is 5.76 Å². The molecular formula is C21H16N2O3S. The van der Waals surface area contributed by atoms with Crippen molar-refractivity contribution in [3.8, 4) is 0 Å². The SMILES string of the molecule is O=C(Cn1c(=O)oc2ccccc21)Nc1ccccc1Sc1ccccc1. The topological polar surface area (TPSA) is 64.2 Å². The first kappa shape index (κ1) is 17.2. The number of hydrogen-bond donors (Lipinski definition) is 1. The highest BCUT2D eigenvalue weighted by molar-refractivity contribution is 7.99. The van der Waals surface area contributed by atoms with Crippen LogP contribution in [-0.4, -0.2) is 10.5 Å². The molecule has 6 heteroatoms. The molecule has 0 spiro atoms. The number of fused-ring (bicyclic) bond motifs is 1. The summed E-state index contributed by atoms with van der Waals surface area (Å²) < 4.78 is 6.51. The number of aromatic nitrogens is 1. The largest absolute Gasteiger partial charge is 0.420 e. The number of anilines is 1. The number of hydrogen-bond acceptors (Lipinski definition) is 4. The minimum atomic E-state index is -0.543. The highest BCUT2D eigenvalue weighted by atomic mass is 32.2. The Morgan fingerprint density at radius 1 is 0.926 bits per heavy atom. The molecule has 27 heavy (non-hydrogen) atoms. The lowest BCUT2D eigenvalue weighted by molar-refractivity contribution is -0.116. The Labute approximate surface area is 159 Å². The van der Waals surface area contributed by atoms with Gasteiger partial charge in [-0.2, -0.15) is 0 Å². The van der Waals surface area contributed by atoms with Crippen LogP contribution in [0.15, 0.2) is 97.9 Å². The predicted octanol–water partition coefficient (Wildman–Crippen LogP) is 4.38. The van der Waals surface area contributed by atoms with Crippen molar-refractivity contribution in [2.75, 3.05) is 5.32 Å². The van der Waals surface area contributed by atoms with E-state index in [0.29, 0.717) is 16.8 Å². The Balaban J connectivity index is 1.55. The molecule has 0 aliphatic heterocycles. The highest BCUT2D eigenvalue weighted by Crippen LogP contribution is 2.33. The predicted molar refractivity (Wildman–Crippen MR) is 106 cm³/mol. The van der Waals surface area contributed by atoms with Crippen molar-refractivity contribution in [3.63, 3.8) is 0 Å². The molecule has 1 amide bonds. The van der Waals surface area contributed by atoms with E-state index in [-0.39, 0.29) is 12.5 Å². The maximum atomic E-state index is 12.6. The van der Waals surface area contributed by atoms with Crippen LogP contribution in [0.5, 0.6) is 0 Å². The normalized spacial score (nSPS) is 10.8. The first-order valence-corrected chi connectivity index (χ1v) is 9.22. The number of amides is 1. The van der Waals surface area contributed by atoms with Gasteiger partial charge in [0.15, 0.2) is 5.58 Å². The molecular weight excluding hydrogens is 360 g/mol. The second kappa shape index (κ2) is 7.55. The number of carbonyl (C=O) groups is 1. The molecule has 0 atom stereocenters. The Bertz CT molecular complexity index is 1150. The van der Waals surface area contributed by atoms with Gasteiger partial charge in [0.05, 0.1) is 11.2 Å². The zero-order valence-electron chi connectivity index (χ0n) is 14.3. The van der Waals surface area contributed by atoms with Gasteiger partial charge in [-0.15, -0.1) is 0 Å². The molecule has 1 N–H and O–H groups in total. The van der Waals surface area contributed by atoms with Gasteiger partial charge >= 0.3 is 5.76 Å². The van der Waals surface area contributed by atoms with Gasteiger partial charge in [-0.1, -0.05) is 54.2 Å². The first-order chi connectivity index (χ1) is 13.2. The number of rotatable bonds is 5. The molecule has 0 radical (unpaired) electrons. The lowest BCUT2D eigenvalue weighted by atomic mass is 10.3. The third-order valence-corrected chi connectivity index (χ3v) is 5.09. The van der Waals surface area contributed by atoms with Crippen LogP contribution in [-0.2, 0) is 11.3 Å². The van der Waals surface area contributed by atoms with Gasteiger partial charge in [0.2, 0.25) is 5.91 Å². The second-order valence-electron chi connectivity index (χ2n) is 5.88. The fraction of sp³-hybridized carbons (Fsp3) is 0.0476. The van der Waals surface area contributed by atoms with Crippen molar-refractivity contribution in [2.45, 2.75) is 16.3 Å². The summed E-state index contributed by atoms with van der Waals surface area (Å²) in [6.45, 7) is -0.111. The minimum absolute atomic E-state index is 0.111. The lowest BCUT2D eigenvalue weighted by Crippen LogP contribution is -2.24. The summed E-state index contributed by atoms with van der Waals surface area (Å²) in [6, 6.07) is 24.6. The van der Waals surface area contributed by atoms with Gasteiger partial charge in [0.25, 0.3) is 0 Å². The van der Waals surface area contributed by atoms with Crippen LogP contribution in [0, 0.1) is 0 Å². The monoisotopic (exact) mass is 376 g/mol. The van der Waals surface area contributed by atoms with E-state index in [4.69, 9.17) is 4.42 Å². The lowest BCUT2D eigenvalue weighted by Gasteiger charge is -2.11. The molecule has 1 heterocycles. The van der Waals surface area contributed by atoms with Crippen LogP contribution in [0.25, 0.3) is 11.1 Å². The molecule has 4 aromatic rings. The van der Waals surface area contributed by atoms with E-state index in [9.17, 15) is 9.59 Å². The summed E-state index contributed by atoms with van der Waals surface area (Å²) in [4.78, 5) is 26.6. The third kappa shape index (κ3) is 3.80. The van der Waals surface area contributed by atoms with Crippen LogP contribution < -0.4 is 11.1 Å². The number of nitrogens with one attached hydrogen (secondary N) is 1. The molecule has 0 saturated carbocycles. The maximum absolute atomic E-state index is 12.6. The number of carbonyl (C=O) groups excluding carboxylic acids is 1. The average Bonchev–Trinajstić information content (AvgIpc) is 2.99. The Hall–Kier alpha value is -3.25. The zero-order valence-corrected chi connectivity index (χ0v) is 15.1. The first-order valence-electron chi connectivity index (χ1n) is 8.41. The van der Waals surface area contributed by atoms with Gasteiger partial charge in [-0.05, 0) is 36.4 Å². The van der Waals surface area contributed by atoms with E-state index >= 15 is 0 Å². The van der Waals surface area contributed by atoms with Crippen molar-refractivity contribution >= 4 is 34.5 Å². The van der Waals surface area contributed by atoms with Crippen LogP contribution in [0.2, 0.25) is 0 Å². The van der Waals surface area contributed by atoms with Crippen molar-refractivity contribution < 1.29 is 9.21 Å². The molecule has 5 nitrogen and oxygen atoms in total. The molecule has 0 unspecified atom stereocenters. The van der Waals surface area contributed by atoms with Crippen molar-refractivity contribution in [1.29, 1.82) is 0 Å². The fourth-order valence-corrected chi connectivity index (χ4v) is 3.69. The van der Waals surface area contributed by atoms with Crippen molar-refractivity contribution in [2.24, 2.45) is 0 Å². The van der Waals surface area contributed by atoms with Gasteiger partial charge in [0.1, 0.15) is 6.54 Å². The Morgan fingerprint density at radius 3 is 2.48 bits per heavy atom. The van der Waals surface area contributed by atoms with E-state index in [2.05, 4.69) is 5.32 Å². The molecule has 0 bridgehead atoms. The molecule has 4 rings (SSSR count). The quantitative estimate of drug-likeness (QED) is 0.561. The highest BCUT2D eigenvalue weighted by Gasteiger charge is 2.13. The summed E-state index contributed by atoms with van der Waals surface area (Å²) in [5, 5.41) is 2.90. The van der Waals surface area contributed by atoms with Crippen LogP contribution in [0.1, 0.15) is 0 Å². The number of para-hydroxylation sites is 3. The van der Waals surface area contributed by atoms with Gasteiger partial charge < -0.3 is 9.73 Å². The van der Waals surface area contributed by atoms with Crippen LogP contribution in [0.4, 0.5) is 5.69 Å². The fourth-order valence-electron chi connectivity index (χ4n) is 2.77. The molecule has 0 saturated heterocycles. The number of oxazole rings is 1. The molecule has 1 aromatic heterocycles. The zero-order chi connectivity index (χ0) is 18.6. The van der Waals surface area contributed by atoms with E-state index in [0.717, 1.165) is 9.79 Å². The summed E-state index contributed by atoms with van der Waals surface area (Å²) in [7, 11) is 0. The van der Waals surface area contributed by atoms with E-state index in [1.54, 1.807) is 36.0 Å². The van der Waals surface area contributed by atoms with E-state index in [1.165, 1.54) is 4.57 Å². The Kier molecular flexibility index (Phi) is 4.80.